The largest absolute Gasteiger partial charge is 0.497 e. The van der Waals surface area contributed by atoms with Gasteiger partial charge in [0.25, 0.3) is 5.56 Å². The highest BCUT2D eigenvalue weighted by molar-refractivity contribution is 5.85. The molecule has 4 heteroatoms. The lowest BCUT2D eigenvalue weighted by Crippen LogP contribution is -2.26. The van der Waals surface area contributed by atoms with E-state index in [0.29, 0.717) is 18.9 Å². The average Bonchev–Trinajstić information content (AvgIpc) is 2.89. The van der Waals surface area contributed by atoms with Gasteiger partial charge in [-0.2, -0.15) is 5.26 Å². The van der Waals surface area contributed by atoms with Crippen molar-refractivity contribution in [1.82, 2.24) is 4.57 Å². The molecule has 0 aliphatic rings. The first-order chi connectivity index (χ1) is 17.0. The van der Waals surface area contributed by atoms with Crippen LogP contribution in [-0.4, -0.2) is 11.7 Å². The summed E-state index contributed by atoms with van der Waals surface area (Å²) in [4.78, 5) is 13.6. The first-order valence-corrected chi connectivity index (χ1v) is 11.9. The van der Waals surface area contributed by atoms with Gasteiger partial charge < -0.3 is 9.30 Å². The van der Waals surface area contributed by atoms with Crippen molar-refractivity contribution in [3.05, 3.63) is 124 Å². The van der Waals surface area contributed by atoms with Gasteiger partial charge in [0.15, 0.2) is 0 Å². The minimum atomic E-state index is -0.269. The van der Waals surface area contributed by atoms with E-state index < -0.39 is 0 Å². The summed E-state index contributed by atoms with van der Waals surface area (Å²) in [5, 5.41) is 11.0. The lowest BCUT2D eigenvalue weighted by Gasteiger charge is -2.19. The van der Waals surface area contributed by atoms with E-state index in [1.165, 1.54) is 5.56 Å². The molecule has 35 heavy (non-hydrogen) atoms. The molecule has 0 N–H and O–H groups in total. The first kappa shape index (κ1) is 24.0. The molecule has 1 atom stereocenters. The van der Waals surface area contributed by atoms with E-state index in [1.807, 2.05) is 54.6 Å². The Hall–Kier alpha value is -4.10. The van der Waals surface area contributed by atoms with Gasteiger partial charge in [-0.05, 0) is 52.8 Å². The summed E-state index contributed by atoms with van der Waals surface area (Å²) in [6.45, 7) is 8.78. The van der Waals surface area contributed by atoms with E-state index in [0.717, 1.165) is 33.3 Å². The zero-order chi connectivity index (χ0) is 24.9. The van der Waals surface area contributed by atoms with E-state index in [4.69, 9.17) is 4.74 Å². The van der Waals surface area contributed by atoms with Gasteiger partial charge in [-0.3, -0.25) is 4.79 Å². The highest BCUT2D eigenvalue weighted by Gasteiger charge is 2.20. The lowest BCUT2D eigenvalue weighted by atomic mass is 9.87. The second kappa shape index (κ2) is 10.4. The van der Waals surface area contributed by atoms with Gasteiger partial charge in [0.2, 0.25) is 0 Å². The number of allylic oxidation sites excluding steroid dienone is 1. The second-order valence-corrected chi connectivity index (χ2v) is 9.09. The van der Waals surface area contributed by atoms with Crippen molar-refractivity contribution in [2.75, 3.05) is 7.11 Å². The molecule has 0 fully saturated rings. The van der Waals surface area contributed by atoms with E-state index in [2.05, 4.69) is 50.8 Å². The molecule has 4 nitrogen and oxygen atoms in total. The zero-order valence-corrected chi connectivity index (χ0v) is 20.5. The van der Waals surface area contributed by atoms with Crippen molar-refractivity contribution in [1.29, 1.82) is 5.26 Å². The number of hydrogen-bond donors (Lipinski definition) is 0. The van der Waals surface area contributed by atoms with Crippen molar-refractivity contribution in [3.63, 3.8) is 0 Å². The van der Waals surface area contributed by atoms with Gasteiger partial charge in [0, 0.05) is 11.3 Å². The molecule has 1 heterocycles. The number of nitrogens with zero attached hydrogens (tertiary/aromatic N) is 2. The fraction of sp³-hybridized carbons (Fsp3) is 0.226. The molecule has 0 amide bonds. The maximum atomic E-state index is 13.6. The third-order valence-corrected chi connectivity index (χ3v) is 6.63. The van der Waals surface area contributed by atoms with Gasteiger partial charge in [-0.15, -0.1) is 6.58 Å². The Balaban J connectivity index is 1.80. The molecule has 4 aromatic rings. The van der Waals surface area contributed by atoms with Crippen LogP contribution in [0.25, 0.3) is 10.9 Å². The van der Waals surface area contributed by atoms with E-state index in [1.54, 1.807) is 11.7 Å². The Morgan fingerprint density at radius 3 is 2.26 bits per heavy atom. The normalized spacial score (nSPS) is 11.9. The number of pyridine rings is 1. The molecule has 0 unspecified atom stereocenters. The number of ether oxygens (including phenoxy) is 1. The summed E-state index contributed by atoms with van der Waals surface area (Å²) in [6, 6.07) is 26.2. The summed E-state index contributed by atoms with van der Waals surface area (Å²) in [6.07, 6.45) is 2.44. The maximum absolute atomic E-state index is 13.6. The Labute approximate surface area is 206 Å². The van der Waals surface area contributed by atoms with Crippen molar-refractivity contribution in [3.8, 4) is 11.8 Å². The molecule has 0 radical (unpaired) electrons. The van der Waals surface area contributed by atoms with E-state index >= 15 is 0 Å². The Morgan fingerprint density at radius 1 is 1.00 bits per heavy atom. The predicted molar refractivity (Wildman–Crippen MR) is 142 cm³/mol. The minimum Gasteiger partial charge on any atom is -0.497 e. The molecule has 1 aromatic heterocycles. The Morgan fingerprint density at radius 2 is 1.66 bits per heavy atom. The van der Waals surface area contributed by atoms with Crippen LogP contribution in [0.2, 0.25) is 0 Å². The number of aromatic nitrogens is 1. The number of hydrogen-bond acceptors (Lipinski definition) is 3. The van der Waals surface area contributed by atoms with Crippen LogP contribution in [0.5, 0.6) is 5.75 Å². The highest BCUT2D eigenvalue weighted by atomic mass is 16.5. The summed E-state index contributed by atoms with van der Waals surface area (Å²) in [5.41, 5.74) is 4.89. The molecule has 0 bridgehead atoms. The number of benzene rings is 3. The molecule has 0 saturated heterocycles. The zero-order valence-electron chi connectivity index (χ0n) is 20.5. The number of methoxy groups -OCH3 is 1. The summed E-state index contributed by atoms with van der Waals surface area (Å²) < 4.78 is 6.94. The third kappa shape index (κ3) is 4.90. The Kier molecular flexibility index (Phi) is 7.17. The van der Waals surface area contributed by atoms with Crippen molar-refractivity contribution < 1.29 is 4.74 Å². The SMILES string of the molecule is C=C[C@H](Cc1c(C#N)c(=O)n(Cc2ccc(OC)cc2)c2ccccc12)c1ccc(C(C)C)cc1. The van der Waals surface area contributed by atoms with Crippen LogP contribution in [0.1, 0.15) is 53.5 Å². The minimum absolute atomic E-state index is 0.0106. The molecule has 0 saturated carbocycles. The first-order valence-electron chi connectivity index (χ1n) is 11.9. The fourth-order valence-corrected chi connectivity index (χ4v) is 4.56. The summed E-state index contributed by atoms with van der Waals surface area (Å²) >= 11 is 0. The molecular formula is C31H30N2O2. The molecule has 3 aromatic carbocycles. The van der Waals surface area contributed by atoms with Gasteiger partial charge >= 0.3 is 0 Å². The second-order valence-electron chi connectivity index (χ2n) is 9.09. The lowest BCUT2D eigenvalue weighted by molar-refractivity contribution is 0.414. The maximum Gasteiger partial charge on any atom is 0.269 e. The molecule has 176 valence electrons. The van der Waals surface area contributed by atoms with Crippen LogP contribution in [-0.2, 0) is 13.0 Å². The topological polar surface area (TPSA) is 55.0 Å². The molecule has 4 rings (SSSR count). The third-order valence-electron chi connectivity index (χ3n) is 6.63. The van der Waals surface area contributed by atoms with Crippen LogP contribution in [0, 0.1) is 11.3 Å². The van der Waals surface area contributed by atoms with Crippen molar-refractivity contribution in [2.24, 2.45) is 0 Å². The molecule has 0 aliphatic heterocycles. The molecule has 0 spiro atoms. The summed E-state index contributed by atoms with van der Waals surface area (Å²) in [5.74, 6) is 1.21. The highest BCUT2D eigenvalue weighted by Crippen LogP contribution is 2.29. The Bertz CT molecular complexity index is 1440. The van der Waals surface area contributed by atoms with Gasteiger partial charge in [-0.25, -0.2) is 0 Å². The predicted octanol–water partition coefficient (Wildman–Crippen LogP) is 6.57. The van der Waals surface area contributed by atoms with Gasteiger partial charge in [-0.1, -0.05) is 74.5 Å². The van der Waals surface area contributed by atoms with Crippen LogP contribution >= 0.6 is 0 Å². The standard InChI is InChI=1S/C31H30N2O2/c1-5-23(25-14-12-24(13-15-25)21(2)3)18-28-27-8-6-7-9-30(27)33(31(34)29(28)19-32)20-22-10-16-26(35-4)17-11-22/h5-17,21,23H,1,18,20H2,2-4H3/t23-/m1/s1. The summed E-state index contributed by atoms with van der Waals surface area (Å²) in [7, 11) is 1.63. The monoisotopic (exact) mass is 462 g/mol. The van der Waals surface area contributed by atoms with Crippen LogP contribution in [0.4, 0.5) is 0 Å². The number of rotatable bonds is 8. The van der Waals surface area contributed by atoms with Crippen LogP contribution < -0.4 is 10.3 Å². The smallest absolute Gasteiger partial charge is 0.269 e. The van der Waals surface area contributed by atoms with E-state index in [9.17, 15) is 10.1 Å². The van der Waals surface area contributed by atoms with Crippen molar-refractivity contribution in [2.45, 2.75) is 38.6 Å². The fourth-order valence-electron chi connectivity index (χ4n) is 4.56. The molecule has 0 aliphatic carbocycles. The van der Waals surface area contributed by atoms with Crippen molar-refractivity contribution >= 4 is 10.9 Å². The number of para-hydroxylation sites is 1. The number of nitriles is 1. The van der Waals surface area contributed by atoms with Gasteiger partial charge in [0.1, 0.15) is 17.4 Å². The van der Waals surface area contributed by atoms with Crippen LogP contribution in [0.3, 0.4) is 0 Å². The van der Waals surface area contributed by atoms with E-state index in [-0.39, 0.29) is 17.0 Å². The quantitative estimate of drug-likeness (QED) is 0.278. The number of fused-ring (bicyclic) bond motifs is 1. The van der Waals surface area contributed by atoms with Gasteiger partial charge in [0.05, 0.1) is 19.2 Å². The molecular weight excluding hydrogens is 432 g/mol. The average molecular weight is 463 g/mol. The van der Waals surface area contributed by atoms with Crippen LogP contribution in [0.15, 0.2) is 90.2 Å².